The summed E-state index contributed by atoms with van der Waals surface area (Å²) in [6, 6.07) is 0. The summed E-state index contributed by atoms with van der Waals surface area (Å²) >= 11 is 0. The van der Waals surface area contributed by atoms with E-state index >= 15 is 0 Å². The predicted octanol–water partition coefficient (Wildman–Crippen LogP) is 2.53. The van der Waals surface area contributed by atoms with E-state index in [1.54, 1.807) is 0 Å². The molecule has 2 heterocycles. The van der Waals surface area contributed by atoms with Gasteiger partial charge >= 0.3 is 0 Å². The zero-order valence-corrected chi connectivity index (χ0v) is 14.7. The molecule has 4 heteroatoms. The number of rotatable bonds is 2. The van der Waals surface area contributed by atoms with E-state index in [-0.39, 0.29) is 5.92 Å². The van der Waals surface area contributed by atoms with Crippen molar-refractivity contribution in [3.05, 3.63) is 0 Å². The van der Waals surface area contributed by atoms with E-state index in [0.29, 0.717) is 17.7 Å². The summed E-state index contributed by atoms with van der Waals surface area (Å²) in [6.07, 6.45) is 9.52. The van der Waals surface area contributed by atoms with Crippen LogP contribution < -0.4 is 0 Å². The zero-order valence-electron chi connectivity index (χ0n) is 14.7. The van der Waals surface area contributed by atoms with E-state index in [1.807, 2.05) is 0 Å². The lowest BCUT2D eigenvalue weighted by Gasteiger charge is -2.36. The lowest BCUT2D eigenvalue weighted by molar-refractivity contribution is -0.142. The normalized spacial score (nSPS) is 41.4. The summed E-state index contributed by atoms with van der Waals surface area (Å²) in [6.45, 7) is 3.53. The molecule has 2 amide bonds. The average molecular weight is 330 g/mol. The topological polar surface area (TPSA) is 40.6 Å². The highest BCUT2D eigenvalue weighted by Crippen LogP contribution is 2.69. The Balaban J connectivity index is 1.15. The average Bonchev–Trinajstić information content (AvgIpc) is 3.07. The fourth-order valence-electron chi connectivity index (χ4n) is 6.59. The van der Waals surface area contributed by atoms with Gasteiger partial charge in [0.05, 0.1) is 0 Å². The summed E-state index contributed by atoms with van der Waals surface area (Å²) in [5.74, 6) is 4.55. The van der Waals surface area contributed by atoms with E-state index in [1.165, 1.54) is 25.7 Å². The molecule has 0 aromatic carbocycles. The van der Waals surface area contributed by atoms with Crippen molar-refractivity contribution in [3.8, 4) is 0 Å². The summed E-state index contributed by atoms with van der Waals surface area (Å²) in [7, 11) is 0. The van der Waals surface area contributed by atoms with Crippen molar-refractivity contribution in [1.29, 1.82) is 0 Å². The maximum absolute atomic E-state index is 12.9. The van der Waals surface area contributed by atoms with E-state index in [2.05, 4.69) is 9.80 Å². The SMILES string of the molecule is O=C(C1CCN(C(=O)C2C3C4CCC(C4)C23)CC1)N1CCCCC1. The molecule has 0 N–H and O–H groups in total. The molecule has 0 spiro atoms. The van der Waals surface area contributed by atoms with Gasteiger partial charge in [-0.1, -0.05) is 0 Å². The molecule has 24 heavy (non-hydrogen) atoms. The molecule has 0 aromatic heterocycles. The summed E-state index contributed by atoms with van der Waals surface area (Å²) < 4.78 is 0. The first-order valence-electron chi connectivity index (χ1n) is 10.3. The summed E-state index contributed by atoms with van der Waals surface area (Å²) in [5.41, 5.74) is 0. The number of fused-ring (bicyclic) bond motifs is 5. The lowest BCUT2D eigenvalue weighted by Crippen LogP contribution is -2.46. The highest BCUT2D eigenvalue weighted by atomic mass is 16.2. The van der Waals surface area contributed by atoms with E-state index < -0.39 is 0 Å². The van der Waals surface area contributed by atoms with Crippen molar-refractivity contribution < 1.29 is 9.59 Å². The molecule has 0 aromatic rings. The molecule has 5 rings (SSSR count). The maximum atomic E-state index is 12.9. The molecule has 2 aliphatic heterocycles. The Labute approximate surface area is 144 Å². The van der Waals surface area contributed by atoms with Crippen LogP contribution in [0, 0.1) is 35.5 Å². The van der Waals surface area contributed by atoms with Gasteiger partial charge in [0.1, 0.15) is 0 Å². The van der Waals surface area contributed by atoms with Gasteiger partial charge in [-0.2, -0.15) is 0 Å². The minimum absolute atomic E-state index is 0.169. The third-order valence-corrected chi connectivity index (χ3v) is 7.84. The predicted molar refractivity (Wildman–Crippen MR) is 91.0 cm³/mol. The van der Waals surface area contributed by atoms with Gasteiger partial charge < -0.3 is 9.80 Å². The van der Waals surface area contributed by atoms with Gasteiger partial charge in [0, 0.05) is 38.0 Å². The van der Waals surface area contributed by atoms with Crippen LogP contribution in [0.3, 0.4) is 0 Å². The molecular weight excluding hydrogens is 300 g/mol. The molecule has 5 aliphatic rings. The van der Waals surface area contributed by atoms with Crippen LogP contribution in [0.1, 0.15) is 51.4 Å². The number of hydrogen-bond donors (Lipinski definition) is 0. The third kappa shape index (κ3) is 2.32. The van der Waals surface area contributed by atoms with Gasteiger partial charge in [-0.3, -0.25) is 9.59 Å². The minimum atomic E-state index is 0.169. The quantitative estimate of drug-likeness (QED) is 0.781. The van der Waals surface area contributed by atoms with Gasteiger partial charge in [-0.05, 0) is 75.0 Å². The van der Waals surface area contributed by atoms with Crippen LogP contribution in [0.2, 0.25) is 0 Å². The monoisotopic (exact) mass is 330 g/mol. The standard InChI is InChI=1S/C20H30N2O2/c23-19(21-8-2-1-3-9-21)13-6-10-22(11-7-13)20(24)18-16-14-4-5-15(12-14)17(16)18/h13-18H,1-12H2. The Hall–Kier alpha value is -1.06. The Bertz CT molecular complexity index is 518. The Morgan fingerprint density at radius 3 is 1.88 bits per heavy atom. The first kappa shape index (κ1) is 15.2. The fraction of sp³-hybridized carbons (Fsp3) is 0.900. The molecule has 3 aliphatic carbocycles. The first-order chi connectivity index (χ1) is 11.7. The van der Waals surface area contributed by atoms with Gasteiger partial charge in [0.15, 0.2) is 0 Å². The number of carbonyl (C=O) groups excluding carboxylic acids is 2. The zero-order chi connectivity index (χ0) is 16.3. The maximum Gasteiger partial charge on any atom is 0.226 e. The van der Waals surface area contributed by atoms with Crippen LogP contribution >= 0.6 is 0 Å². The highest BCUT2D eigenvalue weighted by Gasteiger charge is 2.68. The van der Waals surface area contributed by atoms with Crippen LogP contribution in [0.5, 0.6) is 0 Å². The van der Waals surface area contributed by atoms with Crippen molar-refractivity contribution in [2.24, 2.45) is 35.5 Å². The molecule has 0 radical (unpaired) electrons. The van der Waals surface area contributed by atoms with Crippen molar-refractivity contribution >= 4 is 11.8 Å². The second-order valence-electron chi connectivity index (χ2n) is 9.00. The van der Waals surface area contributed by atoms with Crippen LogP contribution in [0.15, 0.2) is 0 Å². The second kappa shape index (κ2) is 5.74. The molecular formula is C20H30N2O2. The molecule has 4 atom stereocenters. The molecule has 4 unspecified atom stereocenters. The summed E-state index contributed by atoms with van der Waals surface area (Å²) in [4.78, 5) is 29.7. The van der Waals surface area contributed by atoms with E-state index in [9.17, 15) is 9.59 Å². The van der Waals surface area contributed by atoms with Gasteiger partial charge in [-0.25, -0.2) is 0 Å². The second-order valence-corrected chi connectivity index (χ2v) is 9.00. The van der Waals surface area contributed by atoms with Gasteiger partial charge in [-0.15, -0.1) is 0 Å². The van der Waals surface area contributed by atoms with Crippen LogP contribution in [0.25, 0.3) is 0 Å². The highest BCUT2D eigenvalue weighted by molar-refractivity contribution is 5.84. The van der Waals surface area contributed by atoms with Crippen LogP contribution in [0.4, 0.5) is 0 Å². The summed E-state index contributed by atoms with van der Waals surface area (Å²) in [5, 5.41) is 0. The Kier molecular flexibility index (Phi) is 3.64. The van der Waals surface area contributed by atoms with Crippen molar-refractivity contribution in [3.63, 3.8) is 0 Å². The largest absolute Gasteiger partial charge is 0.342 e. The lowest BCUT2D eigenvalue weighted by atomic mass is 9.93. The number of amides is 2. The molecule has 132 valence electrons. The fourth-order valence-corrected chi connectivity index (χ4v) is 6.59. The molecule has 2 bridgehead atoms. The van der Waals surface area contributed by atoms with Crippen LogP contribution in [-0.4, -0.2) is 47.8 Å². The van der Waals surface area contributed by atoms with Crippen molar-refractivity contribution in [2.75, 3.05) is 26.2 Å². The number of carbonyl (C=O) groups is 2. The van der Waals surface area contributed by atoms with Crippen molar-refractivity contribution in [1.82, 2.24) is 9.80 Å². The van der Waals surface area contributed by atoms with E-state index in [0.717, 1.165) is 75.5 Å². The first-order valence-corrected chi connectivity index (χ1v) is 10.3. The number of hydrogen-bond acceptors (Lipinski definition) is 2. The minimum Gasteiger partial charge on any atom is -0.342 e. The van der Waals surface area contributed by atoms with Crippen molar-refractivity contribution in [2.45, 2.75) is 51.4 Å². The molecule has 5 fully saturated rings. The number of likely N-dealkylation sites (tertiary alicyclic amines) is 2. The van der Waals surface area contributed by atoms with Gasteiger partial charge in [0.25, 0.3) is 0 Å². The van der Waals surface area contributed by atoms with E-state index in [4.69, 9.17) is 0 Å². The molecule has 2 saturated heterocycles. The molecule has 3 saturated carbocycles. The third-order valence-electron chi connectivity index (χ3n) is 7.84. The Morgan fingerprint density at radius 2 is 1.25 bits per heavy atom. The Morgan fingerprint density at radius 1 is 0.667 bits per heavy atom. The van der Waals surface area contributed by atoms with Crippen LogP contribution in [-0.2, 0) is 9.59 Å². The molecule has 4 nitrogen and oxygen atoms in total. The number of nitrogens with zero attached hydrogens (tertiary/aromatic N) is 2. The number of piperidine rings is 2. The smallest absolute Gasteiger partial charge is 0.226 e. The van der Waals surface area contributed by atoms with Gasteiger partial charge in [0.2, 0.25) is 11.8 Å².